The minimum Gasteiger partial charge on any atom is -0.493 e. The van der Waals surface area contributed by atoms with Crippen LogP contribution in [0.2, 0.25) is 0 Å². The highest BCUT2D eigenvalue weighted by Crippen LogP contribution is 2.34. The van der Waals surface area contributed by atoms with Crippen molar-refractivity contribution in [1.29, 1.82) is 5.41 Å². The third-order valence-corrected chi connectivity index (χ3v) is 4.41. The lowest BCUT2D eigenvalue weighted by Crippen LogP contribution is -2.28. The highest BCUT2D eigenvalue weighted by Gasteiger charge is 2.17. The number of hydrogen-bond donors (Lipinski definition) is 4. The summed E-state index contributed by atoms with van der Waals surface area (Å²) in [5.74, 6) is -0.383. The van der Waals surface area contributed by atoms with Gasteiger partial charge in [-0.15, -0.1) is 5.17 Å². The molecule has 13 nitrogen and oxygen atoms in total. The molecule has 0 aliphatic rings. The number of aryl methyl sites for hydroxylation is 1. The monoisotopic (exact) mass is 455 g/mol. The van der Waals surface area contributed by atoms with Crippen LogP contribution in [0.5, 0.6) is 11.5 Å². The van der Waals surface area contributed by atoms with Crippen molar-refractivity contribution < 1.29 is 32.6 Å². The van der Waals surface area contributed by atoms with Gasteiger partial charge in [-0.25, -0.2) is 0 Å². The normalized spacial score (nSPS) is 10.7. The number of nitrogens with zero attached hydrogens (tertiary/aromatic N) is 3. The highest BCUT2D eigenvalue weighted by atomic mass is 32.2. The quantitative estimate of drug-likeness (QED) is 0.163. The molecule has 0 radical (unpaired) electrons. The van der Waals surface area contributed by atoms with Crippen molar-refractivity contribution in [3.05, 3.63) is 57.6 Å². The molecule has 0 aromatic heterocycles. The Hall–Kier alpha value is -3.75. The maximum absolute atomic E-state index is 10.8. The van der Waals surface area contributed by atoms with Crippen LogP contribution in [0, 0.1) is 22.4 Å². The maximum atomic E-state index is 10.8. The van der Waals surface area contributed by atoms with Crippen molar-refractivity contribution in [3.63, 3.8) is 0 Å². The Kier molecular flexibility index (Phi) is 8.86. The molecule has 0 heterocycles. The minimum absolute atomic E-state index is 0.0666. The first kappa shape index (κ1) is 25.3. The predicted molar refractivity (Wildman–Crippen MR) is 110 cm³/mol. The van der Waals surface area contributed by atoms with Gasteiger partial charge in [-0.3, -0.25) is 25.3 Å². The van der Waals surface area contributed by atoms with Crippen molar-refractivity contribution in [1.82, 2.24) is 5.17 Å². The molecule has 0 aliphatic carbocycles. The molecular weight excluding hydrogens is 434 g/mol. The number of nitrogens with one attached hydrogen (secondary N) is 1. The van der Waals surface area contributed by atoms with Gasteiger partial charge in [0, 0.05) is 11.6 Å². The fraction of sp³-hybridized carbons (Fsp3) is 0.176. The van der Waals surface area contributed by atoms with Gasteiger partial charge in [-0.2, -0.15) is 13.5 Å². The Bertz CT molecular complexity index is 1070. The molecule has 0 spiro atoms. The Balaban J connectivity index is 0.000000367. The van der Waals surface area contributed by atoms with E-state index in [-0.39, 0.29) is 32.8 Å². The van der Waals surface area contributed by atoms with Gasteiger partial charge in [0.15, 0.2) is 11.5 Å². The standard InChI is InChI=1S/C10H13N5O5.C7H8O3S/c1-19-8-4-7(15(17)18)3-6(9(8)20-2)5-13-14(16)10(11)12;1-6-2-4-7(5-3-6)11(8,9)10/h3-5,16H,1-2H3,(H3,11,12);2-5H,1H3,(H,8,9,10)/b13-5+;. The van der Waals surface area contributed by atoms with Crippen molar-refractivity contribution in [3.8, 4) is 11.5 Å². The molecule has 0 saturated heterocycles. The number of guanidine groups is 1. The van der Waals surface area contributed by atoms with Crippen LogP contribution >= 0.6 is 0 Å². The second-order valence-corrected chi connectivity index (χ2v) is 7.16. The number of nitro groups is 1. The first-order valence-corrected chi connectivity index (χ1v) is 9.66. The van der Waals surface area contributed by atoms with Gasteiger partial charge in [0.25, 0.3) is 15.8 Å². The van der Waals surface area contributed by atoms with Crippen LogP contribution < -0.4 is 15.2 Å². The Labute approximate surface area is 177 Å². The summed E-state index contributed by atoms with van der Waals surface area (Å²) in [6.45, 7) is 1.84. The summed E-state index contributed by atoms with van der Waals surface area (Å²) in [5, 5.41) is 30.4. The largest absolute Gasteiger partial charge is 0.493 e. The molecule has 2 aromatic carbocycles. The third-order valence-electron chi connectivity index (χ3n) is 3.54. The van der Waals surface area contributed by atoms with Gasteiger partial charge in [-0.05, 0) is 19.1 Å². The smallest absolute Gasteiger partial charge is 0.294 e. The predicted octanol–water partition coefficient (Wildman–Crippen LogP) is 1.77. The van der Waals surface area contributed by atoms with E-state index in [2.05, 4.69) is 5.10 Å². The zero-order chi connectivity index (χ0) is 23.8. The molecular formula is C17H21N5O8S. The van der Waals surface area contributed by atoms with E-state index in [4.69, 9.17) is 30.4 Å². The van der Waals surface area contributed by atoms with E-state index >= 15 is 0 Å². The molecule has 0 saturated carbocycles. The topological polar surface area (TPSA) is 202 Å². The molecule has 2 rings (SSSR count). The molecule has 31 heavy (non-hydrogen) atoms. The summed E-state index contributed by atoms with van der Waals surface area (Å²) >= 11 is 0. The second kappa shape index (κ2) is 10.9. The second-order valence-electron chi connectivity index (χ2n) is 5.73. The van der Waals surface area contributed by atoms with Crippen LogP contribution in [0.4, 0.5) is 5.69 Å². The van der Waals surface area contributed by atoms with E-state index < -0.39 is 21.0 Å². The summed E-state index contributed by atoms with van der Waals surface area (Å²) in [6, 6.07) is 8.36. The molecule has 0 bridgehead atoms. The van der Waals surface area contributed by atoms with E-state index in [9.17, 15) is 18.5 Å². The van der Waals surface area contributed by atoms with Crippen LogP contribution in [0.25, 0.3) is 0 Å². The fourth-order valence-electron chi connectivity index (χ4n) is 2.07. The van der Waals surface area contributed by atoms with Crippen LogP contribution in [-0.4, -0.2) is 54.7 Å². The van der Waals surface area contributed by atoms with E-state index in [1.165, 1.54) is 38.5 Å². The summed E-state index contributed by atoms with van der Waals surface area (Å²) < 4.78 is 39.6. The van der Waals surface area contributed by atoms with Crippen molar-refractivity contribution in [2.24, 2.45) is 10.8 Å². The molecule has 2 aromatic rings. The Morgan fingerprint density at radius 2 is 1.84 bits per heavy atom. The van der Waals surface area contributed by atoms with E-state index in [0.29, 0.717) is 0 Å². The van der Waals surface area contributed by atoms with Gasteiger partial charge in [-0.1, -0.05) is 17.7 Å². The lowest BCUT2D eigenvalue weighted by atomic mass is 10.1. The summed E-state index contributed by atoms with van der Waals surface area (Å²) in [7, 11) is -1.34. The molecule has 0 unspecified atom stereocenters. The van der Waals surface area contributed by atoms with Gasteiger partial charge in [0.1, 0.15) is 0 Å². The fourth-order valence-corrected chi connectivity index (χ4v) is 2.55. The minimum atomic E-state index is -4.02. The van der Waals surface area contributed by atoms with Crippen molar-refractivity contribution in [2.75, 3.05) is 14.2 Å². The molecule has 14 heteroatoms. The number of non-ortho nitro benzene ring substituents is 1. The number of hydrazone groups is 1. The molecule has 0 fully saturated rings. The van der Waals surface area contributed by atoms with Crippen LogP contribution in [0.1, 0.15) is 11.1 Å². The third kappa shape index (κ3) is 7.54. The van der Waals surface area contributed by atoms with E-state index in [1.807, 2.05) is 6.92 Å². The number of hydroxylamine groups is 1. The summed E-state index contributed by atoms with van der Waals surface area (Å²) in [6.07, 6.45) is 1.05. The maximum Gasteiger partial charge on any atom is 0.294 e. The number of benzene rings is 2. The number of nitrogens with two attached hydrogens (primary N) is 1. The highest BCUT2D eigenvalue weighted by molar-refractivity contribution is 7.85. The summed E-state index contributed by atoms with van der Waals surface area (Å²) in [4.78, 5) is 10.1. The van der Waals surface area contributed by atoms with Gasteiger partial charge in [0.2, 0.25) is 5.96 Å². The van der Waals surface area contributed by atoms with E-state index in [1.54, 1.807) is 12.1 Å². The van der Waals surface area contributed by atoms with Crippen LogP contribution in [0.3, 0.4) is 0 Å². The number of rotatable bonds is 6. The SMILES string of the molecule is COc1cc([N+](=O)[O-])cc(/C=N/N(O)C(=N)N)c1OC.Cc1ccc(S(=O)(=O)O)cc1. The zero-order valence-electron chi connectivity index (χ0n) is 16.7. The van der Waals surface area contributed by atoms with Gasteiger partial charge in [0.05, 0.1) is 36.3 Å². The Morgan fingerprint density at radius 3 is 2.26 bits per heavy atom. The van der Waals surface area contributed by atoms with Crippen LogP contribution in [-0.2, 0) is 10.1 Å². The van der Waals surface area contributed by atoms with Crippen molar-refractivity contribution >= 4 is 28.0 Å². The number of nitro benzene ring substituents is 1. The van der Waals surface area contributed by atoms with Gasteiger partial charge >= 0.3 is 0 Å². The van der Waals surface area contributed by atoms with Crippen LogP contribution in [0.15, 0.2) is 46.4 Å². The molecule has 168 valence electrons. The molecule has 5 N–H and O–H groups in total. The average Bonchev–Trinajstić information content (AvgIpc) is 2.70. The average molecular weight is 455 g/mol. The lowest BCUT2D eigenvalue weighted by molar-refractivity contribution is -0.385. The summed E-state index contributed by atoms with van der Waals surface area (Å²) in [5.41, 5.74) is 5.88. The number of methoxy groups -OCH3 is 2. The lowest BCUT2D eigenvalue weighted by Gasteiger charge is -2.11. The first-order chi connectivity index (χ1) is 14.4. The molecule has 0 amide bonds. The number of ether oxygens (including phenoxy) is 2. The van der Waals surface area contributed by atoms with Gasteiger partial charge < -0.3 is 15.2 Å². The van der Waals surface area contributed by atoms with E-state index in [0.717, 1.165) is 11.8 Å². The molecule has 0 atom stereocenters. The molecule has 0 aliphatic heterocycles. The van der Waals surface area contributed by atoms with Crippen molar-refractivity contribution in [2.45, 2.75) is 11.8 Å². The number of hydrogen-bond acceptors (Lipinski definition) is 9. The first-order valence-electron chi connectivity index (χ1n) is 8.22. The Morgan fingerprint density at radius 1 is 1.26 bits per heavy atom. The zero-order valence-corrected chi connectivity index (χ0v) is 17.5.